The van der Waals surface area contributed by atoms with Crippen molar-refractivity contribution in [3.8, 4) is 0 Å². The van der Waals surface area contributed by atoms with Crippen LogP contribution in [0.1, 0.15) is 40.5 Å². The molecule has 3 aliphatic rings. The van der Waals surface area contributed by atoms with Crippen LogP contribution >= 0.6 is 11.6 Å². The highest BCUT2D eigenvalue weighted by Crippen LogP contribution is 2.48. The van der Waals surface area contributed by atoms with E-state index in [9.17, 15) is 19.2 Å². The van der Waals surface area contributed by atoms with Crippen LogP contribution in [0.2, 0.25) is 5.02 Å². The molecule has 3 saturated heterocycles. The lowest BCUT2D eigenvalue weighted by molar-refractivity contribution is -0.123. The lowest BCUT2D eigenvalue weighted by Gasteiger charge is -2.27. The number of halogens is 1. The van der Waals surface area contributed by atoms with Gasteiger partial charge in [0.25, 0.3) is 0 Å². The molecule has 2 amide bonds. The van der Waals surface area contributed by atoms with Gasteiger partial charge >= 0.3 is 5.97 Å². The summed E-state index contributed by atoms with van der Waals surface area (Å²) >= 11 is 5.98. The average Bonchev–Trinajstić information content (AvgIpc) is 3.46. The molecule has 2 aromatic carbocycles. The molecule has 3 heterocycles. The molecule has 0 aliphatic carbocycles. The highest BCUT2D eigenvalue weighted by molar-refractivity contribution is 6.30. The molecule has 4 atom stereocenters. The van der Waals surface area contributed by atoms with Gasteiger partial charge in [-0.3, -0.25) is 19.3 Å². The molecule has 3 fully saturated rings. The van der Waals surface area contributed by atoms with Crippen LogP contribution in [0.3, 0.4) is 0 Å². The first-order chi connectivity index (χ1) is 15.9. The molecule has 8 heteroatoms. The van der Waals surface area contributed by atoms with E-state index in [1.165, 1.54) is 4.90 Å². The maximum absolute atomic E-state index is 13.6. The molecule has 0 spiro atoms. The summed E-state index contributed by atoms with van der Waals surface area (Å²) in [5.74, 6) is -2.54. The number of anilines is 1. The van der Waals surface area contributed by atoms with Gasteiger partial charge in [-0.05, 0) is 74.8 Å². The summed E-state index contributed by atoms with van der Waals surface area (Å²) in [4.78, 5) is 55.7. The number of hydrogen-bond acceptors (Lipinski definition) is 6. The summed E-state index contributed by atoms with van der Waals surface area (Å²) in [5, 5.41) is 0.527. The van der Waals surface area contributed by atoms with E-state index >= 15 is 0 Å². The monoisotopic (exact) mass is 466 g/mol. The average molecular weight is 467 g/mol. The minimum Gasteiger partial charge on any atom is -0.462 e. The van der Waals surface area contributed by atoms with E-state index in [1.807, 2.05) is 4.90 Å². The van der Waals surface area contributed by atoms with Gasteiger partial charge in [0, 0.05) is 16.6 Å². The van der Waals surface area contributed by atoms with Crippen molar-refractivity contribution >= 4 is 40.9 Å². The predicted molar refractivity (Wildman–Crippen MR) is 121 cm³/mol. The van der Waals surface area contributed by atoms with Crippen molar-refractivity contribution in [2.24, 2.45) is 11.8 Å². The fraction of sp³-hybridized carbons (Fsp3) is 0.360. The summed E-state index contributed by atoms with van der Waals surface area (Å²) in [6, 6.07) is 12.1. The number of carbonyl (C=O) groups is 4. The number of imide groups is 1. The molecular weight excluding hydrogens is 444 g/mol. The SMILES string of the molecule is CCOC(=O)c1ccc(N2C(=O)[C@H]3[C@H](C2=O)[C@@H](C(=O)c2ccc(Cl)cc2)N2CCC[C@H]32)cc1. The zero-order valence-electron chi connectivity index (χ0n) is 18.1. The van der Waals surface area contributed by atoms with Crippen LogP contribution in [-0.4, -0.2) is 53.7 Å². The van der Waals surface area contributed by atoms with E-state index in [1.54, 1.807) is 55.5 Å². The minimum atomic E-state index is -0.726. The summed E-state index contributed by atoms with van der Waals surface area (Å²) in [6.45, 7) is 2.67. The number of amides is 2. The summed E-state index contributed by atoms with van der Waals surface area (Å²) in [6.07, 6.45) is 1.66. The maximum atomic E-state index is 13.6. The lowest BCUT2D eigenvalue weighted by Crippen LogP contribution is -2.46. The van der Waals surface area contributed by atoms with Crippen LogP contribution in [0.15, 0.2) is 48.5 Å². The largest absolute Gasteiger partial charge is 0.462 e. The van der Waals surface area contributed by atoms with E-state index in [2.05, 4.69) is 0 Å². The van der Waals surface area contributed by atoms with Crippen LogP contribution in [0.4, 0.5) is 5.69 Å². The molecule has 0 saturated carbocycles. The highest BCUT2D eigenvalue weighted by Gasteiger charge is 2.64. The number of ketones is 1. The van der Waals surface area contributed by atoms with Crippen molar-refractivity contribution in [1.29, 1.82) is 0 Å². The molecule has 7 nitrogen and oxygen atoms in total. The summed E-state index contributed by atoms with van der Waals surface area (Å²) in [7, 11) is 0. The Morgan fingerprint density at radius 1 is 0.970 bits per heavy atom. The molecule has 0 radical (unpaired) electrons. The number of ether oxygens (including phenoxy) is 1. The second kappa shape index (κ2) is 8.39. The summed E-state index contributed by atoms with van der Waals surface area (Å²) in [5.41, 5.74) is 1.22. The Hall–Kier alpha value is -3.03. The van der Waals surface area contributed by atoms with Crippen molar-refractivity contribution in [2.75, 3.05) is 18.1 Å². The molecule has 33 heavy (non-hydrogen) atoms. The Labute approximate surface area is 196 Å². The Morgan fingerprint density at radius 3 is 2.27 bits per heavy atom. The van der Waals surface area contributed by atoms with Crippen molar-refractivity contribution in [3.05, 3.63) is 64.7 Å². The topological polar surface area (TPSA) is 84.0 Å². The smallest absolute Gasteiger partial charge is 0.338 e. The normalized spacial score (nSPS) is 26.4. The second-order valence-corrected chi connectivity index (χ2v) is 9.03. The fourth-order valence-electron chi connectivity index (χ4n) is 5.52. The first kappa shape index (κ1) is 21.8. The zero-order valence-corrected chi connectivity index (χ0v) is 18.8. The Balaban J connectivity index is 1.47. The van der Waals surface area contributed by atoms with E-state index in [4.69, 9.17) is 16.3 Å². The first-order valence-corrected chi connectivity index (χ1v) is 11.5. The van der Waals surface area contributed by atoms with Crippen molar-refractivity contribution in [1.82, 2.24) is 4.90 Å². The lowest BCUT2D eigenvalue weighted by atomic mass is 9.85. The molecule has 3 aliphatic heterocycles. The number of nitrogens with zero attached hydrogens (tertiary/aromatic N) is 2. The molecule has 0 bridgehead atoms. The molecule has 0 aromatic heterocycles. The van der Waals surface area contributed by atoms with Crippen LogP contribution in [0, 0.1) is 11.8 Å². The molecular formula is C25H23ClN2O5. The van der Waals surface area contributed by atoms with E-state index < -0.39 is 23.8 Å². The van der Waals surface area contributed by atoms with E-state index in [-0.39, 0.29) is 30.2 Å². The number of carbonyl (C=O) groups excluding carboxylic acids is 4. The minimum absolute atomic E-state index is 0.128. The Bertz CT molecular complexity index is 1130. The third-order valence-electron chi connectivity index (χ3n) is 6.89. The fourth-order valence-corrected chi connectivity index (χ4v) is 5.64. The number of esters is 1. The van der Waals surface area contributed by atoms with Gasteiger partial charge in [0.1, 0.15) is 0 Å². The van der Waals surface area contributed by atoms with Crippen LogP contribution in [0.5, 0.6) is 0 Å². The third kappa shape index (κ3) is 3.47. The van der Waals surface area contributed by atoms with Crippen molar-refractivity contribution in [3.63, 3.8) is 0 Å². The standard InChI is InChI=1S/C25H23ClN2O5/c1-2-33-25(32)15-7-11-17(12-8-15)28-23(30)19-18-4-3-13-27(18)21(20(19)24(28)31)22(29)14-5-9-16(26)10-6-14/h5-12,18-21H,2-4,13H2,1H3/t18-,19-,20+,21+/m1/s1. The van der Waals surface area contributed by atoms with Crippen LogP contribution < -0.4 is 4.90 Å². The van der Waals surface area contributed by atoms with Crippen molar-refractivity contribution < 1.29 is 23.9 Å². The second-order valence-electron chi connectivity index (χ2n) is 8.59. The number of rotatable bonds is 5. The van der Waals surface area contributed by atoms with Gasteiger partial charge in [0.2, 0.25) is 11.8 Å². The van der Waals surface area contributed by atoms with Gasteiger partial charge in [-0.25, -0.2) is 9.69 Å². The van der Waals surface area contributed by atoms with Gasteiger partial charge in [-0.1, -0.05) is 11.6 Å². The van der Waals surface area contributed by atoms with E-state index in [0.29, 0.717) is 28.4 Å². The van der Waals surface area contributed by atoms with Gasteiger partial charge in [-0.15, -0.1) is 0 Å². The quantitative estimate of drug-likeness (QED) is 0.382. The molecule has 2 aromatic rings. The zero-order chi connectivity index (χ0) is 23.3. The third-order valence-corrected chi connectivity index (χ3v) is 7.14. The van der Waals surface area contributed by atoms with Gasteiger partial charge in [0.15, 0.2) is 5.78 Å². The summed E-state index contributed by atoms with van der Waals surface area (Å²) < 4.78 is 5.00. The maximum Gasteiger partial charge on any atom is 0.338 e. The molecule has 0 unspecified atom stereocenters. The van der Waals surface area contributed by atoms with Crippen LogP contribution in [0.25, 0.3) is 0 Å². The van der Waals surface area contributed by atoms with Crippen molar-refractivity contribution in [2.45, 2.75) is 31.8 Å². The van der Waals surface area contributed by atoms with Gasteiger partial charge < -0.3 is 4.74 Å². The Morgan fingerprint density at radius 2 is 1.61 bits per heavy atom. The number of Topliss-reactive ketones (excluding diaryl/α,β-unsaturated/α-hetero) is 1. The number of benzene rings is 2. The molecule has 170 valence electrons. The first-order valence-electron chi connectivity index (χ1n) is 11.1. The highest BCUT2D eigenvalue weighted by atomic mass is 35.5. The van der Waals surface area contributed by atoms with Gasteiger partial charge in [-0.2, -0.15) is 0 Å². The molecule has 0 N–H and O–H groups in total. The number of hydrogen-bond donors (Lipinski definition) is 0. The molecule has 5 rings (SSSR count). The number of fused-ring (bicyclic) bond motifs is 3. The predicted octanol–water partition coefficient (Wildman–Crippen LogP) is 3.35. The van der Waals surface area contributed by atoms with Crippen LogP contribution in [-0.2, 0) is 14.3 Å². The van der Waals surface area contributed by atoms with E-state index in [0.717, 1.165) is 12.8 Å². The Kier molecular flexibility index (Phi) is 5.54. The van der Waals surface area contributed by atoms with Gasteiger partial charge in [0.05, 0.1) is 35.7 Å².